The highest BCUT2D eigenvalue weighted by Crippen LogP contribution is 2.29. The van der Waals surface area contributed by atoms with Crippen LogP contribution in [0.5, 0.6) is 0 Å². The molecule has 3 aliphatic heterocycles. The normalized spacial score (nSPS) is 24.8. The van der Waals surface area contributed by atoms with E-state index in [4.69, 9.17) is 5.26 Å². The summed E-state index contributed by atoms with van der Waals surface area (Å²) in [4.78, 5) is 27.8. The lowest BCUT2D eigenvalue weighted by molar-refractivity contribution is -0.142. The molecule has 0 bridgehead atoms. The first-order chi connectivity index (χ1) is 15.8. The predicted octanol–water partition coefficient (Wildman–Crippen LogP) is 1.01. The van der Waals surface area contributed by atoms with Crippen LogP contribution >= 0.6 is 0 Å². The Balaban J connectivity index is 1.36. The summed E-state index contributed by atoms with van der Waals surface area (Å²) in [5, 5.41) is 11.9. The number of rotatable bonds is 6. The van der Waals surface area contributed by atoms with Crippen LogP contribution in [0.4, 0.5) is 0 Å². The van der Waals surface area contributed by atoms with Crippen molar-refractivity contribution in [1.29, 1.82) is 5.26 Å². The zero-order valence-electron chi connectivity index (χ0n) is 18.9. The van der Waals surface area contributed by atoms with E-state index in [1.165, 1.54) is 8.61 Å². The lowest BCUT2D eigenvalue weighted by Gasteiger charge is -2.41. The summed E-state index contributed by atoms with van der Waals surface area (Å²) in [5.74, 6) is -1.01. The number of benzene rings is 1. The molecule has 33 heavy (non-hydrogen) atoms. The van der Waals surface area contributed by atoms with Crippen LogP contribution in [0.2, 0.25) is 0 Å². The molecule has 0 radical (unpaired) electrons. The number of hydrogen-bond acceptors (Lipinski definition) is 5. The Morgan fingerprint density at radius 2 is 1.88 bits per heavy atom. The summed E-state index contributed by atoms with van der Waals surface area (Å²) in [6, 6.07) is 9.50. The van der Waals surface area contributed by atoms with Gasteiger partial charge in [-0.05, 0) is 38.2 Å². The highest BCUT2D eigenvalue weighted by Gasteiger charge is 2.44. The lowest BCUT2D eigenvalue weighted by Crippen LogP contribution is -2.57. The van der Waals surface area contributed by atoms with Gasteiger partial charge in [0.05, 0.1) is 17.9 Å². The maximum absolute atomic E-state index is 13.3. The maximum atomic E-state index is 13.3. The fourth-order valence-corrected chi connectivity index (χ4v) is 6.68. The highest BCUT2D eigenvalue weighted by atomic mass is 32.2. The smallest absolute Gasteiger partial charge is 0.282 e. The van der Waals surface area contributed by atoms with Gasteiger partial charge < -0.3 is 10.2 Å². The second-order valence-electron chi connectivity index (χ2n) is 9.24. The van der Waals surface area contributed by atoms with Gasteiger partial charge in [0, 0.05) is 39.3 Å². The summed E-state index contributed by atoms with van der Waals surface area (Å²) >= 11 is 0. The van der Waals surface area contributed by atoms with Gasteiger partial charge in [-0.15, -0.1) is 0 Å². The van der Waals surface area contributed by atoms with E-state index in [1.807, 2.05) is 31.2 Å². The van der Waals surface area contributed by atoms with E-state index in [1.54, 1.807) is 4.90 Å². The first-order valence-corrected chi connectivity index (χ1v) is 13.0. The summed E-state index contributed by atoms with van der Waals surface area (Å²) < 4.78 is 28.5. The van der Waals surface area contributed by atoms with Gasteiger partial charge in [-0.2, -0.15) is 22.3 Å². The first kappa shape index (κ1) is 23.7. The van der Waals surface area contributed by atoms with E-state index >= 15 is 0 Å². The third-order valence-corrected chi connectivity index (χ3v) is 8.74. The fraction of sp³-hybridized carbons (Fsp3) is 0.609. The van der Waals surface area contributed by atoms with Gasteiger partial charge in [0.2, 0.25) is 11.8 Å². The molecule has 3 saturated heterocycles. The Kier molecular flexibility index (Phi) is 7.02. The van der Waals surface area contributed by atoms with E-state index in [2.05, 4.69) is 11.4 Å². The summed E-state index contributed by atoms with van der Waals surface area (Å²) in [6.45, 7) is 3.85. The molecule has 0 aliphatic carbocycles. The van der Waals surface area contributed by atoms with Crippen LogP contribution in [-0.4, -0.2) is 72.5 Å². The molecule has 1 aromatic carbocycles. The van der Waals surface area contributed by atoms with Gasteiger partial charge in [0.25, 0.3) is 10.2 Å². The van der Waals surface area contributed by atoms with Crippen molar-refractivity contribution in [3.8, 4) is 6.07 Å². The van der Waals surface area contributed by atoms with Gasteiger partial charge in [-0.3, -0.25) is 9.59 Å². The average Bonchev–Trinajstić information content (AvgIpc) is 3.26. The van der Waals surface area contributed by atoms with Crippen LogP contribution < -0.4 is 5.32 Å². The molecular weight excluding hydrogens is 442 g/mol. The van der Waals surface area contributed by atoms with E-state index < -0.39 is 22.2 Å². The molecule has 0 aromatic heterocycles. The third-order valence-electron chi connectivity index (χ3n) is 6.80. The first-order valence-electron chi connectivity index (χ1n) is 11.6. The number of nitrogens with zero attached hydrogens (tertiary/aromatic N) is 4. The molecule has 1 aromatic rings. The van der Waals surface area contributed by atoms with Crippen molar-refractivity contribution in [2.45, 2.75) is 45.2 Å². The van der Waals surface area contributed by atoms with Gasteiger partial charge >= 0.3 is 0 Å². The number of carbonyl (C=O) groups excluding carboxylic acids is 2. The molecule has 2 atom stereocenters. The molecule has 2 amide bonds. The van der Waals surface area contributed by atoms with Crippen LogP contribution in [0.25, 0.3) is 0 Å². The predicted molar refractivity (Wildman–Crippen MR) is 122 cm³/mol. The molecule has 9 nitrogen and oxygen atoms in total. The molecule has 3 heterocycles. The number of nitriles is 1. The van der Waals surface area contributed by atoms with Crippen LogP contribution in [-0.2, 0) is 26.3 Å². The average molecular weight is 474 g/mol. The zero-order chi connectivity index (χ0) is 23.6. The molecule has 3 fully saturated rings. The minimum Gasteiger partial charge on any atom is -0.350 e. The second kappa shape index (κ2) is 9.79. The van der Waals surface area contributed by atoms with E-state index in [0.29, 0.717) is 38.9 Å². The van der Waals surface area contributed by atoms with Crippen molar-refractivity contribution >= 4 is 22.0 Å². The third kappa shape index (κ3) is 5.05. The number of nitrogens with one attached hydrogen (secondary N) is 1. The minimum absolute atomic E-state index is 0.128. The molecule has 0 unspecified atom stereocenters. The topological polar surface area (TPSA) is 114 Å². The zero-order valence-corrected chi connectivity index (χ0v) is 19.8. The number of amides is 2. The van der Waals surface area contributed by atoms with Crippen LogP contribution in [0.1, 0.15) is 36.8 Å². The van der Waals surface area contributed by atoms with Gasteiger partial charge in [-0.25, -0.2) is 0 Å². The number of piperidine rings is 1. The summed E-state index contributed by atoms with van der Waals surface area (Å²) in [5.41, 5.74) is 2.13. The van der Waals surface area contributed by atoms with Gasteiger partial charge in [0.1, 0.15) is 6.04 Å². The number of likely N-dealkylation sites (tertiary alicyclic amines) is 1. The van der Waals surface area contributed by atoms with Gasteiger partial charge in [0.15, 0.2) is 0 Å². The Bertz CT molecular complexity index is 1050. The molecule has 1 N–H and O–H groups in total. The van der Waals surface area contributed by atoms with Crippen molar-refractivity contribution in [3.63, 3.8) is 0 Å². The lowest BCUT2D eigenvalue weighted by atomic mass is 9.97. The van der Waals surface area contributed by atoms with E-state index in [9.17, 15) is 18.0 Å². The Labute approximate surface area is 195 Å². The standard InChI is InChI=1S/C23H31N5O4S/c1-17-5-2-6-18(11-17)13-25-22(29)21-8-4-10-28(21)23(30)20-7-3-9-26(16-20)33(31,32)27-14-19(12-24)15-27/h2,5-6,11,19-21H,3-4,7-10,13-16H2,1H3,(H,25,29)/t20-,21+/m0/s1. The van der Waals surface area contributed by atoms with Crippen molar-refractivity contribution < 1.29 is 18.0 Å². The van der Waals surface area contributed by atoms with Crippen molar-refractivity contribution in [1.82, 2.24) is 18.8 Å². The Morgan fingerprint density at radius 3 is 2.61 bits per heavy atom. The molecule has 0 saturated carbocycles. The molecular formula is C23H31N5O4S. The minimum atomic E-state index is -3.67. The largest absolute Gasteiger partial charge is 0.350 e. The van der Waals surface area contributed by atoms with E-state index in [0.717, 1.165) is 17.5 Å². The monoisotopic (exact) mass is 473 g/mol. The Morgan fingerprint density at radius 1 is 1.12 bits per heavy atom. The molecule has 3 aliphatic rings. The van der Waals surface area contributed by atoms with Crippen LogP contribution in [0, 0.1) is 30.1 Å². The fourth-order valence-electron chi connectivity index (χ4n) is 4.89. The summed E-state index contributed by atoms with van der Waals surface area (Å²) in [7, 11) is -3.67. The van der Waals surface area contributed by atoms with Crippen molar-refractivity contribution in [2.24, 2.45) is 11.8 Å². The second-order valence-corrected chi connectivity index (χ2v) is 11.2. The molecule has 10 heteroatoms. The van der Waals surface area contributed by atoms with Crippen molar-refractivity contribution in [3.05, 3.63) is 35.4 Å². The van der Waals surface area contributed by atoms with Gasteiger partial charge in [-0.1, -0.05) is 29.8 Å². The molecule has 178 valence electrons. The number of aryl methyl sites for hydroxylation is 1. The maximum Gasteiger partial charge on any atom is 0.282 e. The van der Waals surface area contributed by atoms with Crippen LogP contribution in [0.15, 0.2) is 24.3 Å². The number of carbonyl (C=O) groups is 2. The van der Waals surface area contributed by atoms with E-state index in [-0.39, 0.29) is 37.4 Å². The molecule has 0 spiro atoms. The van der Waals surface area contributed by atoms with Crippen LogP contribution in [0.3, 0.4) is 0 Å². The quantitative estimate of drug-likeness (QED) is 0.663. The molecule has 4 rings (SSSR count). The Hall–Kier alpha value is -2.48. The highest BCUT2D eigenvalue weighted by molar-refractivity contribution is 7.86. The number of hydrogen-bond donors (Lipinski definition) is 1. The summed E-state index contributed by atoms with van der Waals surface area (Å²) in [6.07, 6.45) is 2.58. The van der Waals surface area contributed by atoms with Crippen molar-refractivity contribution in [2.75, 3.05) is 32.7 Å². The SMILES string of the molecule is Cc1cccc(CNC(=O)[C@H]2CCCN2C(=O)[C@H]2CCCN(S(=O)(=O)N3CC(C#N)C3)C2)c1.